The molecular formula is C49H26BF24NO2. The third-order valence-electron chi connectivity index (χ3n) is 11.7. The Balaban J connectivity index is 0.000000397. The van der Waals surface area contributed by atoms with Gasteiger partial charge in [-0.15, -0.1) is 0 Å². The maximum absolute atomic E-state index is 14.2. The molecular weight excluding hydrogens is 1100 g/mol. The molecule has 0 aliphatic heterocycles. The zero-order chi connectivity index (χ0) is 57.9. The largest absolute Gasteiger partial charge is 0.502 e. The zero-order valence-electron chi connectivity index (χ0n) is 37.4. The number of para-hydroxylation sites is 1. The van der Waals surface area contributed by atoms with Crippen LogP contribution in [0.5, 0.6) is 5.75 Å². The third kappa shape index (κ3) is 13.1. The minimum atomic E-state index is -6.13. The van der Waals surface area contributed by atoms with Crippen molar-refractivity contribution in [3.8, 4) is 5.75 Å². The number of aromatic nitrogens is 1. The summed E-state index contributed by atoms with van der Waals surface area (Å²) in [5, 5.41) is 10.9. The van der Waals surface area contributed by atoms with Crippen LogP contribution in [0.15, 0.2) is 140 Å². The maximum atomic E-state index is 14.2. The lowest BCUT2D eigenvalue weighted by Crippen LogP contribution is -2.75. The summed E-state index contributed by atoms with van der Waals surface area (Å²) < 4.78 is 343. The molecule has 6 aromatic carbocycles. The molecule has 0 aliphatic rings. The molecule has 1 aromatic heterocycles. The molecule has 7 rings (SSSR count). The van der Waals surface area contributed by atoms with Gasteiger partial charge in [0.2, 0.25) is 12.3 Å². The average Bonchev–Trinajstić information content (AvgIpc) is 3.30. The quantitative estimate of drug-likeness (QED) is 0.0748. The number of halogens is 24. The van der Waals surface area contributed by atoms with Crippen molar-refractivity contribution in [1.82, 2.24) is 0 Å². The van der Waals surface area contributed by atoms with Gasteiger partial charge in [-0.2, -0.15) is 132 Å². The number of benzene rings is 6. The summed E-state index contributed by atoms with van der Waals surface area (Å²) in [6, 6.07) is 9.49. The number of carbonyl (C=O) groups excluding carboxylic acids is 1. The number of aromatic hydroxyl groups is 1. The molecule has 0 spiro atoms. The molecule has 0 radical (unpaired) electrons. The first kappa shape index (κ1) is 58.8. The summed E-state index contributed by atoms with van der Waals surface area (Å²) in [5.74, 6) is 0.204. The SMILES string of the molecule is FC(F)(F)c1cc([B-](c2cc(C(F)(F)F)cc(C(F)(F)F)c2)(c2cc(C(F)(F)F)cc(C(F)(F)F)c2)c2cc(C(F)(F)F)cc(C(F)(F)F)c2)cc(C(F)(F)F)c1.O=C(C[n+]1cccc2cccc(O)c21)c1ccccc1. The Morgan fingerprint density at radius 2 is 0.636 bits per heavy atom. The van der Waals surface area contributed by atoms with E-state index < -0.39 is 195 Å². The van der Waals surface area contributed by atoms with Crippen molar-refractivity contribution in [2.75, 3.05) is 0 Å². The first-order chi connectivity index (χ1) is 35.0. The van der Waals surface area contributed by atoms with Gasteiger partial charge in [-0.05, 0) is 42.5 Å². The standard InChI is InChI=1S/C32H12BF24.C17H13NO2/c34-25(35,36)13-1-14(26(37,38)39)6-21(5-13)33(22-7-15(27(40,41)42)2-16(8-22)28(43,44)45,23-9-17(29(46,47)48)3-18(10-23)30(49,50)51)24-11-19(31(52,53)54)4-20(12-24)32(55,56)57;19-15-10-4-8-14-9-5-11-18(17(14)15)12-16(20)13-6-2-1-3-7-13/h1-12H;1-11H,12H2/q-1;/p+1. The predicted octanol–water partition coefficient (Wildman–Crippen LogP) is 13.9. The van der Waals surface area contributed by atoms with E-state index in [2.05, 4.69) is 0 Å². The van der Waals surface area contributed by atoms with Gasteiger partial charge in [-0.25, -0.2) is 0 Å². The highest BCUT2D eigenvalue weighted by Crippen LogP contribution is 2.41. The van der Waals surface area contributed by atoms with Gasteiger partial charge in [0, 0.05) is 11.6 Å². The van der Waals surface area contributed by atoms with Gasteiger partial charge < -0.3 is 5.11 Å². The molecule has 410 valence electrons. The van der Waals surface area contributed by atoms with E-state index in [0.29, 0.717) is 11.1 Å². The number of ketones is 1. The van der Waals surface area contributed by atoms with Gasteiger partial charge >= 0.3 is 49.4 Å². The highest BCUT2D eigenvalue weighted by Gasteiger charge is 2.47. The van der Waals surface area contributed by atoms with Crippen molar-refractivity contribution >= 4 is 44.7 Å². The van der Waals surface area contributed by atoms with Gasteiger partial charge in [-0.1, -0.05) is 84.9 Å². The summed E-state index contributed by atoms with van der Waals surface area (Å²) in [5.41, 5.74) is -28.9. The molecule has 3 nitrogen and oxygen atoms in total. The lowest BCUT2D eigenvalue weighted by atomic mass is 9.12. The van der Waals surface area contributed by atoms with Crippen molar-refractivity contribution in [3.63, 3.8) is 0 Å². The number of carbonyl (C=O) groups is 1. The average molecular weight is 1130 g/mol. The number of nitrogens with zero attached hydrogens (tertiary/aromatic N) is 1. The maximum Gasteiger partial charge on any atom is 0.416 e. The molecule has 1 N–H and O–H groups in total. The summed E-state index contributed by atoms with van der Waals surface area (Å²) in [6.45, 7) is 0.207. The Kier molecular flexibility index (Phi) is 15.4. The molecule has 0 saturated carbocycles. The fourth-order valence-corrected chi connectivity index (χ4v) is 8.39. The number of pyridine rings is 1. The minimum Gasteiger partial charge on any atom is -0.502 e. The van der Waals surface area contributed by atoms with Crippen LogP contribution in [0.4, 0.5) is 105 Å². The molecule has 28 heteroatoms. The first-order valence-corrected chi connectivity index (χ1v) is 21.1. The van der Waals surface area contributed by atoms with Crippen LogP contribution >= 0.6 is 0 Å². The smallest absolute Gasteiger partial charge is 0.416 e. The van der Waals surface area contributed by atoms with Crippen LogP contribution in [-0.2, 0) is 56.0 Å². The minimum absolute atomic E-state index is 0.0198. The Bertz CT molecular complexity index is 2870. The molecule has 77 heavy (non-hydrogen) atoms. The zero-order valence-corrected chi connectivity index (χ0v) is 37.4. The number of hydrogen-bond donors (Lipinski definition) is 1. The molecule has 0 unspecified atom stereocenters. The fraction of sp³-hybridized carbons (Fsp3) is 0.184. The normalized spacial score (nSPS) is 13.4. The summed E-state index contributed by atoms with van der Waals surface area (Å²) in [4.78, 5) is 12.3. The summed E-state index contributed by atoms with van der Waals surface area (Å²) in [7, 11) is 0. The van der Waals surface area contributed by atoms with E-state index in [-0.39, 0.29) is 18.1 Å². The predicted molar refractivity (Wildman–Crippen MR) is 227 cm³/mol. The lowest BCUT2D eigenvalue weighted by molar-refractivity contribution is -0.657. The van der Waals surface area contributed by atoms with Gasteiger partial charge in [-0.3, -0.25) is 4.79 Å². The van der Waals surface area contributed by atoms with Crippen LogP contribution in [0, 0.1) is 0 Å². The number of rotatable bonds is 7. The third-order valence-corrected chi connectivity index (χ3v) is 11.7. The van der Waals surface area contributed by atoms with Crippen molar-refractivity contribution in [1.29, 1.82) is 0 Å². The molecule has 0 amide bonds. The highest BCUT2D eigenvalue weighted by atomic mass is 19.4. The summed E-state index contributed by atoms with van der Waals surface area (Å²) >= 11 is 0. The number of hydrogen-bond acceptors (Lipinski definition) is 2. The summed E-state index contributed by atoms with van der Waals surface area (Å²) in [6.07, 6.45) is -53.0. The van der Waals surface area contributed by atoms with Crippen molar-refractivity contribution < 1.29 is 120 Å². The van der Waals surface area contributed by atoms with E-state index in [1.807, 2.05) is 42.6 Å². The second-order valence-corrected chi connectivity index (χ2v) is 16.9. The van der Waals surface area contributed by atoms with Gasteiger partial charge in [0.25, 0.3) is 5.52 Å². The van der Waals surface area contributed by atoms with Crippen LogP contribution < -0.4 is 26.4 Å². The molecule has 0 bridgehead atoms. The van der Waals surface area contributed by atoms with Crippen molar-refractivity contribution in [2.45, 2.75) is 56.0 Å². The van der Waals surface area contributed by atoms with Crippen molar-refractivity contribution in [2.24, 2.45) is 0 Å². The van der Waals surface area contributed by atoms with Crippen LogP contribution in [0.2, 0.25) is 0 Å². The van der Waals surface area contributed by atoms with E-state index in [9.17, 15) is 115 Å². The fourth-order valence-electron chi connectivity index (χ4n) is 8.39. The van der Waals surface area contributed by atoms with Crippen molar-refractivity contribution in [3.05, 3.63) is 190 Å². The monoisotopic (exact) mass is 1130 g/mol. The molecule has 0 fully saturated rings. The van der Waals surface area contributed by atoms with Gasteiger partial charge in [0.05, 0.1) is 49.9 Å². The molecule has 7 aromatic rings. The van der Waals surface area contributed by atoms with Gasteiger partial charge in [0.15, 0.2) is 11.9 Å². The number of alkyl halides is 24. The highest BCUT2D eigenvalue weighted by molar-refractivity contribution is 7.20. The topological polar surface area (TPSA) is 41.2 Å². The van der Waals surface area contributed by atoms with Crippen LogP contribution in [0.3, 0.4) is 0 Å². The molecule has 0 aliphatic carbocycles. The molecule has 1 heterocycles. The lowest BCUT2D eigenvalue weighted by Gasteiger charge is -2.46. The number of Topliss-reactive ketones (excluding diaryl/α,β-unsaturated/α-hetero) is 1. The Morgan fingerprint density at radius 3 is 0.909 bits per heavy atom. The Morgan fingerprint density at radius 1 is 0.364 bits per heavy atom. The molecule has 0 atom stereocenters. The van der Waals surface area contributed by atoms with Crippen LogP contribution in [-0.4, -0.2) is 17.0 Å². The number of phenols is 1. The second-order valence-electron chi connectivity index (χ2n) is 16.9. The second kappa shape index (κ2) is 20.2. The van der Waals surface area contributed by atoms with Crippen LogP contribution in [0.25, 0.3) is 10.9 Å². The van der Waals surface area contributed by atoms with Gasteiger partial charge in [0.1, 0.15) is 6.15 Å². The Labute approximate surface area is 415 Å². The van der Waals surface area contributed by atoms with E-state index in [0.717, 1.165) is 5.39 Å². The number of phenolic OH excluding ortho intramolecular Hbond substituents is 1. The van der Waals surface area contributed by atoms with Crippen LogP contribution in [0.1, 0.15) is 54.9 Å². The van der Waals surface area contributed by atoms with E-state index in [1.54, 1.807) is 28.8 Å². The van der Waals surface area contributed by atoms with E-state index in [1.165, 1.54) is 0 Å². The van der Waals surface area contributed by atoms with E-state index >= 15 is 0 Å². The first-order valence-electron chi connectivity index (χ1n) is 21.1. The molecule has 0 saturated heterocycles. The number of fused-ring (bicyclic) bond motifs is 1. The Hall–Kier alpha value is -7.42. The van der Waals surface area contributed by atoms with E-state index in [4.69, 9.17) is 0 Å².